The third-order valence-corrected chi connectivity index (χ3v) is 11.8. The molecule has 0 saturated carbocycles. The third-order valence-electron chi connectivity index (χ3n) is 11.8. The number of amides is 1. The zero-order valence-electron chi connectivity index (χ0n) is 37.6. The number of nitrogens with one attached hydrogen (secondary N) is 1. The van der Waals surface area contributed by atoms with Gasteiger partial charge in [0, 0.05) is 6.42 Å². The Morgan fingerprint density at radius 3 is 1.45 bits per heavy atom. The molecule has 1 amide bonds. The summed E-state index contributed by atoms with van der Waals surface area (Å²) in [5, 5.41) is 53.6. The molecule has 0 bridgehead atoms. The summed E-state index contributed by atoms with van der Waals surface area (Å²) < 4.78 is 11.1. The van der Waals surface area contributed by atoms with Crippen molar-refractivity contribution in [1.82, 2.24) is 5.32 Å². The number of aliphatic hydroxyl groups excluding tert-OH is 5. The van der Waals surface area contributed by atoms with E-state index >= 15 is 0 Å². The van der Waals surface area contributed by atoms with Crippen LogP contribution in [0.4, 0.5) is 0 Å². The van der Waals surface area contributed by atoms with Crippen LogP contribution in [0.3, 0.4) is 0 Å². The van der Waals surface area contributed by atoms with E-state index in [0.29, 0.717) is 6.42 Å². The summed E-state index contributed by atoms with van der Waals surface area (Å²) in [6.07, 6.45) is 42.2. The van der Waals surface area contributed by atoms with Crippen molar-refractivity contribution < 1.29 is 39.8 Å². The molecule has 1 aliphatic heterocycles. The number of hydrogen-bond acceptors (Lipinski definition) is 8. The first-order valence-corrected chi connectivity index (χ1v) is 24.6. The van der Waals surface area contributed by atoms with E-state index in [1.807, 2.05) is 6.08 Å². The number of rotatable bonds is 41. The van der Waals surface area contributed by atoms with Gasteiger partial charge in [-0.1, -0.05) is 212 Å². The highest BCUT2D eigenvalue weighted by atomic mass is 16.7. The molecule has 1 saturated heterocycles. The van der Waals surface area contributed by atoms with Gasteiger partial charge in [-0.25, -0.2) is 0 Å². The van der Waals surface area contributed by atoms with Crippen LogP contribution in [0.15, 0.2) is 24.3 Å². The SMILES string of the molecule is CCCCCCCCCCCCCCCCCCCCCCCCCCCC/C=C/CC/C=C/C(O)C(COC1OC(CO)C(O)C(O)C1O)NC(=O)CCCCC. The second-order valence-electron chi connectivity index (χ2n) is 17.3. The van der Waals surface area contributed by atoms with Crippen molar-refractivity contribution in [2.24, 2.45) is 0 Å². The van der Waals surface area contributed by atoms with Crippen molar-refractivity contribution in [3.05, 3.63) is 24.3 Å². The summed E-state index contributed by atoms with van der Waals surface area (Å²) >= 11 is 0. The predicted octanol–water partition coefficient (Wildman–Crippen LogP) is 10.7. The van der Waals surface area contributed by atoms with Gasteiger partial charge in [-0.05, 0) is 32.1 Å². The van der Waals surface area contributed by atoms with Crippen molar-refractivity contribution in [2.45, 2.75) is 269 Å². The lowest BCUT2D eigenvalue weighted by Crippen LogP contribution is -2.60. The molecule has 6 N–H and O–H groups in total. The van der Waals surface area contributed by atoms with Gasteiger partial charge in [0.2, 0.25) is 5.91 Å². The molecule has 0 aliphatic carbocycles. The highest BCUT2D eigenvalue weighted by Crippen LogP contribution is 2.23. The number of unbranched alkanes of at least 4 members (excludes halogenated alkanes) is 29. The maximum atomic E-state index is 12.6. The van der Waals surface area contributed by atoms with Crippen molar-refractivity contribution in [1.29, 1.82) is 0 Å². The fourth-order valence-corrected chi connectivity index (χ4v) is 7.82. The zero-order valence-corrected chi connectivity index (χ0v) is 37.6. The Morgan fingerprint density at radius 2 is 0.983 bits per heavy atom. The second kappa shape index (κ2) is 39.8. The van der Waals surface area contributed by atoms with E-state index in [9.17, 15) is 30.3 Å². The molecule has 7 unspecified atom stereocenters. The smallest absolute Gasteiger partial charge is 0.220 e. The summed E-state index contributed by atoms with van der Waals surface area (Å²) in [6, 6.07) is -0.813. The van der Waals surface area contributed by atoms with Gasteiger partial charge in [0.25, 0.3) is 0 Å². The van der Waals surface area contributed by atoms with Crippen molar-refractivity contribution in [3.8, 4) is 0 Å². The molecule has 9 nitrogen and oxygen atoms in total. The monoisotopic (exact) mass is 824 g/mol. The number of aliphatic hydroxyl groups is 5. The van der Waals surface area contributed by atoms with Gasteiger partial charge in [-0.2, -0.15) is 0 Å². The highest BCUT2D eigenvalue weighted by molar-refractivity contribution is 5.76. The Labute approximate surface area is 356 Å². The molecule has 58 heavy (non-hydrogen) atoms. The lowest BCUT2D eigenvalue weighted by atomic mass is 9.99. The van der Waals surface area contributed by atoms with Crippen LogP contribution in [0.5, 0.6) is 0 Å². The van der Waals surface area contributed by atoms with Gasteiger partial charge < -0.3 is 40.3 Å². The largest absolute Gasteiger partial charge is 0.394 e. The fraction of sp³-hybridized carbons (Fsp3) is 0.898. The molecule has 0 aromatic carbocycles. The van der Waals surface area contributed by atoms with Gasteiger partial charge >= 0.3 is 0 Å². The van der Waals surface area contributed by atoms with E-state index in [2.05, 4.69) is 31.3 Å². The van der Waals surface area contributed by atoms with Gasteiger partial charge in [0.05, 0.1) is 25.4 Å². The third kappa shape index (κ3) is 29.8. The van der Waals surface area contributed by atoms with Crippen molar-refractivity contribution in [2.75, 3.05) is 13.2 Å². The number of carbonyl (C=O) groups excluding carboxylic acids is 1. The molecule has 0 spiro atoms. The van der Waals surface area contributed by atoms with Crippen LogP contribution in [0.2, 0.25) is 0 Å². The maximum absolute atomic E-state index is 12.6. The first-order chi connectivity index (χ1) is 28.3. The topological polar surface area (TPSA) is 149 Å². The molecule has 0 aromatic rings. The first kappa shape index (κ1) is 54.7. The minimum Gasteiger partial charge on any atom is -0.394 e. The van der Waals surface area contributed by atoms with Crippen LogP contribution in [0.1, 0.15) is 226 Å². The maximum Gasteiger partial charge on any atom is 0.220 e. The van der Waals surface area contributed by atoms with E-state index in [4.69, 9.17) is 9.47 Å². The molecule has 1 heterocycles. The Hall–Kier alpha value is -1.33. The quantitative estimate of drug-likeness (QED) is 0.0264. The van der Waals surface area contributed by atoms with Gasteiger partial charge in [-0.3, -0.25) is 4.79 Å². The summed E-state index contributed by atoms with van der Waals surface area (Å²) in [6.45, 7) is 3.58. The number of ether oxygens (including phenoxy) is 2. The highest BCUT2D eigenvalue weighted by Gasteiger charge is 2.44. The fourth-order valence-electron chi connectivity index (χ4n) is 7.82. The second-order valence-corrected chi connectivity index (χ2v) is 17.3. The molecule has 1 aliphatic rings. The minimum absolute atomic E-state index is 0.201. The molecule has 1 fully saturated rings. The van der Waals surface area contributed by atoms with Crippen LogP contribution in [0.25, 0.3) is 0 Å². The first-order valence-electron chi connectivity index (χ1n) is 24.6. The van der Waals surface area contributed by atoms with Gasteiger partial charge in [0.1, 0.15) is 24.4 Å². The van der Waals surface area contributed by atoms with Crippen LogP contribution < -0.4 is 5.32 Å². The lowest BCUT2D eigenvalue weighted by Gasteiger charge is -2.40. The predicted molar refractivity (Wildman–Crippen MR) is 240 cm³/mol. The minimum atomic E-state index is -1.57. The molecule has 9 heteroatoms. The van der Waals surface area contributed by atoms with Crippen molar-refractivity contribution >= 4 is 5.91 Å². The van der Waals surface area contributed by atoms with E-state index in [1.54, 1.807) is 6.08 Å². The molecule has 7 atom stereocenters. The number of allylic oxidation sites excluding steroid dienone is 3. The Morgan fingerprint density at radius 1 is 0.569 bits per heavy atom. The number of hydrogen-bond donors (Lipinski definition) is 6. The van der Waals surface area contributed by atoms with Gasteiger partial charge in [-0.15, -0.1) is 0 Å². The molecular weight excluding hydrogens is 731 g/mol. The zero-order chi connectivity index (χ0) is 42.3. The number of carbonyl (C=O) groups is 1. The summed E-state index contributed by atoms with van der Waals surface area (Å²) in [7, 11) is 0. The van der Waals surface area contributed by atoms with Crippen molar-refractivity contribution in [3.63, 3.8) is 0 Å². The van der Waals surface area contributed by atoms with Crippen LogP contribution in [-0.4, -0.2) is 87.5 Å². The van der Waals surface area contributed by atoms with E-state index in [-0.39, 0.29) is 12.5 Å². The van der Waals surface area contributed by atoms with E-state index < -0.39 is 49.5 Å². The summed E-state index contributed by atoms with van der Waals surface area (Å²) in [4.78, 5) is 12.6. The Kier molecular flexibility index (Phi) is 37.5. The average molecular weight is 824 g/mol. The Bertz CT molecular complexity index is 961. The lowest BCUT2D eigenvalue weighted by molar-refractivity contribution is -0.302. The normalized spacial score (nSPS) is 21.0. The standard InChI is InChI=1S/C49H93NO8/c1-3-5-7-8-9-10-11-12-13-14-15-16-17-18-19-20-21-22-23-24-25-26-27-28-29-30-31-32-33-34-35-37-38-43(52)42(50-45(53)39-36-6-4-2)41-57-49-48(56)47(55)46(54)44(40-51)58-49/h32-33,37-38,42-44,46-49,51-52,54-56H,3-31,34-36,39-41H2,1-2H3,(H,50,53)/b33-32+,38-37+. The molecule has 342 valence electrons. The molecular formula is C49H93NO8. The van der Waals surface area contributed by atoms with E-state index in [1.165, 1.54) is 167 Å². The van der Waals surface area contributed by atoms with E-state index in [0.717, 1.165) is 38.5 Å². The van der Waals surface area contributed by atoms with Crippen LogP contribution in [0, 0.1) is 0 Å². The summed E-state index contributed by atoms with van der Waals surface area (Å²) in [5.41, 5.74) is 0. The Balaban J connectivity index is 2.03. The van der Waals surface area contributed by atoms with Crippen LogP contribution in [-0.2, 0) is 14.3 Å². The summed E-state index contributed by atoms with van der Waals surface area (Å²) in [5.74, 6) is -0.211. The molecule has 0 aromatic heterocycles. The average Bonchev–Trinajstić information content (AvgIpc) is 3.22. The molecule has 1 rings (SSSR count). The molecule has 0 radical (unpaired) electrons. The van der Waals surface area contributed by atoms with Gasteiger partial charge in [0.15, 0.2) is 6.29 Å². The van der Waals surface area contributed by atoms with Crippen LogP contribution >= 0.6 is 0 Å².